The van der Waals surface area contributed by atoms with Gasteiger partial charge in [-0.25, -0.2) is 0 Å². The zero-order valence-electron chi connectivity index (χ0n) is 13.9. The maximum atomic E-state index is 10.4. The molecule has 2 aromatic carbocycles. The number of rotatable bonds is 7. The third kappa shape index (κ3) is 5.28. The van der Waals surface area contributed by atoms with Crippen molar-refractivity contribution in [3.63, 3.8) is 0 Å². The molecule has 0 bridgehead atoms. The van der Waals surface area contributed by atoms with E-state index in [2.05, 4.69) is 62.1 Å². The van der Waals surface area contributed by atoms with E-state index in [1.807, 2.05) is 18.2 Å². The van der Waals surface area contributed by atoms with Gasteiger partial charge < -0.3 is 5.11 Å². The Morgan fingerprint density at radius 3 is 2.27 bits per heavy atom. The van der Waals surface area contributed by atoms with Gasteiger partial charge in [-0.1, -0.05) is 60.2 Å². The maximum absolute atomic E-state index is 10.4. The van der Waals surface area contributed by atoms with Crippen LogP contribution in [0.4, 0.5) is 0 Å². The molecule has 2 heteroatoms. The predicted octanol–water partition coefficient (Wildman–Crippen LogP) is 3.81. The first-order chi connectivity index (χ1) is 10.5. The Kier molecular flexibility index (Phi) is 6.17. The van der Waals surface area contributed by atoms with Crippen molar-refractivity contribution in [2.45, 2.75) is 45.9 Å². The van der Waals surface area contributed by atoms with Crippen LogP contribution in [0.3, 0.4) is 0 Å². The first-order valence-corrected chi connectivity index (χ1v) is 8.06. The lowest BCUT2D eigenvalue weighted by atomic mass is 10.1. The quantitative estimate of drug-likeness (QED) is 0.840. The molecule has 0 fully saturated rings. The number of nitrogens with zero attached hydrogens (tertiary/aromatic N) is 1. The summed E-state index contributed by atoms with van der Waals surface area (Å²) in [4.78, 5) is 2.34. The minimum absolute atomic E-state index is 0.338. The van der Waals surface area contributed by atoms with Gasteiger partial charge in [0.1, 0.15) is 0 Å². The molecular formula is C20H27NO. The van der Waals surface area contributed by atoms with Crippen LogP contribution in [-0.4, -0.2) is 28.7 Å². The minimum atomic E-state index is -0.338. The summed E-state index contributed by atoms with van der Waals surface area (Å²) in [6.45, 7) is 8.06. The van der Waals surface area contributed by atoms with Crippen molar-refractivity contribution >= 4 is 0 Å². The zero-order chi connectivity index (χ0) is 15.9. The molecule has 0 heterocycles. The number of aryl methyl sites for hydroxylation is 1. The Hall–Kier alpha value is -1.64. The highest BCUT2D eigenvalue weighted by Crippen LogP contribution is 2.12. The van der Waals surface area contributed by atoms with Crippen LogP contribution in [0.1, 0.15) is 30.5 Å². The summed E-state index contributed by atoms with van der Waals surface area (Å²) in [5.41, 5.74) is 3.78. The van der Waals surface area contributed by atoms with E-state index in [1.54, 1.807) is 0 Å². The van der Waals surface area contributed by atoms with E-state index >= 15 is 0 Å². The standard InChI is InChI=1S/C20H27NO/c1-16(2)21(14-19-11-7-8-17(3)12-19)15-20(22)13-18-9-5-4-6-10-18/h4-12,16,20,22H,13-15H2,1-3H3/t20-/m1/s1. The second-order valence-electron chi connectivity index (χ2n) is 6.36. The molecule has 0 amide bonds. The molecule has 0 aliphatic carbocycles. The van der Waals surface area contributed by atoms with Crippen molar-refractivity contribution in [3.05, 3.63) is 71.3 Å². The van der Waals surface area contributed by atoms with Gasteiger partial charge >= 0.3 is 0 Å². The third-order valence-corrected chi connectivity index (χ3v) is 3.96. The lowest BCUT2D eigenvalue weighted by Gasteiger charge is -2.29. The molecule has 1 atom stereocenters. The summed E-state index contributed by atoms with van der Waals surface area (Å²) in [5.74, 6) is 0. The summed E-state index contributed by atoms with van der Waals surface area (Å²) >= 11 is 0. The van der Waals surface area contributed by atoms with Gasteiger partial charge in [0.25, 0.3) is 0 Å². The van der Waals surface area contributed by atoms with Crippen molar-refractivity contribution in [2.75, 3.05) is 6.54 Å². The highest BCUT2D eigenvalue weighted by atomic mass is 16.3. The van der Waals surface area contributed by atoms with E-state index in [0.29, 0.717) is 19.0 Å². The molecule has 0 aromatic heterocycles. The van der Waals surface area contributed by atoms with E-state index in [4.69, 9.17) is 0 Å². The molecule has 0 saturated heterocycles. The van der Waals surface area contributed by atoms with Crippen molar-refractivity contribution < 1.29 is 5.11 Å². The SMILES string of the molecule is Cc1cccc(CN(C[C@H](O)Cc2ccccc2)C(C)C)c1. The van der Waals surface area contributed by atoms with Crippen LogP contribution < -0.4 is 0 Å². The molecule has 22 heavy (non-hydrogen) atoms. The van der Waals surface area contributed by atoms with Crippen LogP contribution in [0.5, 0.6) is 0 Å². The van der Waals surface area contributed by atoms with Crippen LogP contribution in [0, 0.1) is 6.92 Å². The van der Waals surface area contributed by atoms with Gasteiger partial charge in [0, 0.05) is 19.1 Å². The summed E-state index contributed by atoms with van der Waals surface area (Å²) in [6, 6.07) is 19.2. The Bertz CT molecular complexity index is 565. The fraction of sp³-hybridized carbons (Fsp3) is 0.400. The summed E-state index contributed by atoms with van der Waals surface area (Å²) in [6.07, 6.45) is 0.368. The zero-order valence-corrected chi connectivity index (χ0v) is 13.9. The van der Waals surface area contributed by atoms with Crippen molar-refractivity contribution in [1.29, 1.82) is 0 Å². The lowest BCUT2D eigenvalue weighted by Crippen LogP contribution is -2.37. The van der Waals surface area contributed by atoms with Crippen LogP contribution >= 0.6 is 0 Å². The number of hydrogen-bond donors (Lipinski definition) is 1. The Balaban J connectivity index is 1.96. The first kappa shape index (κ1) is 16.7. The normalized spacial score (nSPS) is 12.8. The molecule has 0 spiro atoms. The van der Waals surface area contributed by atoms with E-state index < -0.39 is 0 Å². The molecular weight excluding hydrogens is 270 g/mol. The highest BCUT2D eigenvalue weighted by molar-refractivity contribution is 5.22. The molecule has 118 valence electrons. The largest absolute Gasteiger partial charge is 0.391 e. The summed E-state index contributed by atoms with van der Waals surface area (Å²) < 4.78 is 0. The van der Waals surface area contributed by atoms with E-state index in [-0.39, 0.29) is 6.10 Å². The van der Waals surface area contributed by atoms with Crippen molar-refractivity contribution in [2.24, 2.45) is 0 Å². The molecule has 0 aliphatic heterocycles. The molecule has 0 radical (unpaired) electrons. The Morgan fingerprint density at radius 1 is 0.955 bits per heavy atom. The number of hydrogen-bond acceptors (Lipinski definition) is 2. The highest BCUT2D eigenvalue weighted by Gasteiger charge is 2.15. The third-order valence-electron chi connectivity index (χ3n) is 3.96. The minimum Gasteiger partial charge on any atom is -0.391 e. The smallest absolute Gasteiger partial charge is 0.0707 e. The second-order valence-corrected chi connectivity index (χ2v) is 6.36. The number of benzene rings is 2. The van der Waals surface area contributed by atoms with E-state index in [1.165, 1.54) is 16.7 Å². The van der Waals surface area contributed by atoms with Crippen LogP contribution in [0.25, 0.3) is 0 Å². The average Bonchev–Trinajstić information content (AvgIpc) is 2.47. The van der Waals surface area contributed by atoms with Crippen LogP contribution in [0.15, 0.2) is 54.6 Å². The van der Waals surface area contributed by atoms with Gasteiger partial charge in [0.2, 0.25) is 0 Å². The predicted molar refractivity (Wildman–Crippen MR) is 92.9 cm³/mol. The Labute approximate surface area is 134 Å². The number of aliphatic hydroxyl groups is 1. The maximum Gasteiger partial charge on any atom is 0.0707 e. The van der Waals surface area contributed by atoms with Gasteiger partial charge in [0.15, 0.2) is 0 Å². The lowest BCUT2D eigenvalue weighted by molar-refractivity contribution is 0.0908. The van der Waals surface area contributed by atoms with Crippen molar-refractivity contribution in [3.8, 4) is 0 Å². The molecule has 2 rings (SSSR count). The summed E-state index contributed by atoms with van der Waals surface area (Å²) in [7, 11) is 0. The topological polar surface area (TPSA) is 23.5 Å². The van der Waals surface area contributed by atoms with Crippen LogP contribution in [0.2, 0.25) is 0 Å². The van der Waals surface area contributed by atoms with Gasteiger partial charge in [-0.15, -0.1) is 0 Å². The Morgan fingerprint density at radius 2 is 1.64 bits per heavy atom. The monoisotopic (exact) mass is 297 g/mol. The van der Waals surface area contributed by atoms with E-state index in [0.717, 1.165) is 6.54 Å². The van der Waals surface area contributed by atoms with Gasteiger partial charge in [-0.05, 0) is 38.3 Å². The fourth-order valence-corrected chi connectivity index (χ4v) is 2.72. The molecule has 0 saturated carbocycles. The van der Waals surface area contributed by atoms with Gasteiger partial charge in [-0.3, -0.25) is 4.90 Å². The molecule has 1 N–H and O–H groups in total. The summed E-state index contributed by atoms with van der Waals surface area (Å²) in [5, 5.41) is 10.4. The van der Waals surface area contributed by atoms with Crippen molar-refractivity contribution in [1.82, 2.24) is 4.90 Å². The fourth-order valence-electron chi connectivity index (χ4n) is 2.72. The first-order valence-electron chi connectivity index (χ1n) is 8.06. The van der Waals surface area contributed by atoms with Crippen LogP contribution in [-0.2, 0) is 13.0 Å². The molecule has 0 aliphatic rings. The number of aliphatic hydroxyl groups excluding tert-OH is 1. The average molecular weight is 297 g/mol. The van der Waals surface area contributed by atoms with Gasteiger partial charge in [0.05, 0.1) is 6.10 Å². The molecule has 0 unspecified atom stereocenters. The second kappa shape index (κ2) is 8.11. The molecule has 2 aromatic rings. The molecule has 2 nitrogen and oxygen atoms in total. The van der Waals surface area contributed by atoms with Gasteiger partial charge in [-0.2, -0.15) is 0 Å². The van der Waals surface area contributed by atoms with E-state index in [9.17, 15) is 5.11 Å².